The summed E-state index contributed by atoms with van der Waals surface area (Å²) >= 11 is 1.34. The number of aromatic nitrogens is 2. The van der Waals surface area contributed by atoms with Gasteiger partial charge >= 0.3 is 0 Å². The van der Waals surface area contributed by atoms with Crippen LogP contribution in [0, 0.1) is 12.7 Å². The summed E-state index contributed by atoms with van der Waals surface area (Å²) in [6.07, 6.45) is 7.29. The number of thiophene rings is 1. The maximum atomic E-state index is 14.1. The van der Waals surface area contributed by atoms with Crippen LogP contribution in [-0.4, -0.2) is 64.3 Å². The fraction of sp³-hybridized carbons (Fsp3) is 0.519. The first-order chi connectivity index (χ1) is 18.0. The number of aliphatic hydroxyl groups excluding tert-OH is 1. The standard InChI is InChI=1S/C27H34FN5O3S/c1-17-23-25(32-21-9-8-18(28)14-22(21)36-20-7-4-6-19(34)15-20)30-16-31-27(23)37-24(17)26(35)29-10-5-13-33-11-2-3-12-33/h8-9,14,16,19-20,34H,2-7,10-13,15H2,1H3,(H,29,35)(H,30,31,32)/t19?,20-/m0/s1. The van der Waals surface area contributed by atoms with Crippen LogP contribution in [0.5, 0.6) is 5.75 Å². The van der Waals surface area contributed by atoms with Crippen molar-refractivity contribution in [1.82, 2.24) is 20.2 Å². The molecule has 198 valence electrons. The number of amides is 1. The van der Waals surface area contributed by atoms with Gasteiger partial charge in [-0.1, -0.05) is 0 Å². The number of halogens is 1. The first-order valence-electron chi connectivity index (χ1n) is 13.1. The number of carbonyl (C=O) groups excluding carboxylic acids is 1. The maximum absolute atomic E-state index is 14.1. The smallest absolute Gasteiger partial charge is 0.261 e. The number of hydrogen-bond acceptors (Lipinski definition) is 8. The normalized spacial score (nSPS) is 20.3. The minimum absolute atomic E-state index is 0.102. The lowest BCUT2D eigenvalue weighted by Gasteiger charge is -2.27. The van der Waals surface area contributed by atoms with E-state index in [0.29, 0.717) is 39.9 Å². The van der Waals surface area contributed by atoms with Crippen LogP contribution in [0.15, 0.2) is 24.5 Å². The highest BCUT2D eigenvalue weighted by molar-refractivity contribution is 7.20. The Morgan fingerprint density at radius 2 is 2.08 bits per heavy atom. The van der Waals surface area contributed by atoms with Crippen LogP contribution in [0.4, 0.5) is 15.9 Å². The molecular weight excluding hydrogens is 493 g/mol. The molecule has 3 N–H and O–H groups in total. The summed E-state index contributed by atoms with van der Waals surface area (Å²) in [6, 6.07) is 4.33. The highest BCUT2D eigenvalue weighted by Crippen LogP contribution is 2.37. The van der Waals surface area contributed by atoms with Crippen molar-refractivity contribution in [1.29, 1.82) is 0 Å². The van der Waals surface area contributed by atoms with Gasteiger partial charge in [0.15, 0.2) is 0 Å². The van der Waals surface area contributed by atoms with Crippen LogP contribution in [0.25, 0.3) is 10.2 Å². The molecule has 2 atom stereocenters. The van der Waals surface area contributed by atoms with Gasteiger partial charge < -0.3 is 25.4 Å². The lowest BCUT2D eigenvalue weighted by atomic mass is 9.95. The Balaban J connectivity index is 1.31. The molecule has 1 aliphatic heterocycles. The summed E-state index contributed by atoms with van der Waals surface area (Å²) in [6.45, 7) is 5.85. The first kappa shape index (κ1) is 25.8. The lowest BCUT2D eigenvalue weighted by Crippen LogP contribution is -2.28. The largest absolute Gasteiger partial charge is 0.488 e. The summed E-state index contributed by atoms with van der Waals surface area (Å²) in [7, 11) is 0. The van der Waals surface area contributed by atoms with E-state index >= 15 is 0 Å². The number of nitrogens with zero attached hydrogens (tertiary/aromatic N) is 3. The van der Waals surface area contributed by atoms with Gasteiger partial charge in [-0.2, -0.15) is 0 Å². The van der Waals surface area contributed by atoms with Gasteiger partial charge in [-0.3, -0.25) is 4.79 Å². The van der Waals surface area contributed by atoms with E-state index in [-0.39, 0.29) is 12.0 Å². The highest BCUT2D eigenvalue weighted by Gasteiger charge is 2.24. The van der Waals surface area contributed by atoms with Crippen LogP contribution < -0.4 is 15.4 Å². The number of rotatable bonds is 9. The van der Waals surface area contributed by atoms with E-state index in [2.05, 4.69) is 25.5 Å². The number of nitrogens with one attached hydrogen (secondary N) is 2. The molecule has 10 heteroatoms. The molecule has 2 aromatic heterocycles. The number of benzene rings is 1. The van der Waals surface area contributed by atoms with Gasteiger partial charge in [0.25, 0.3) is 5.91 Å². The molecule has 0 bridgehead atoms. The zero-order chi connectivity index (χ0) is 25.8. The van der Waals surface area contributed by atoms with Crippen molar-refractivity contribution < 1.29 is 19.0 Å². The molecule has 1 aromatic carbocycles. The lowest BCUT2D eigenvalue weighted by molar-refractivity contribution is 0.0538. The number of aliphatic hydroxyl groups is 1. The quantitative estimate of drug-likeness (QED) is 0.345. The Morgan fingerprint density at radius 1 is 1.24 bits per heavy atom. The van der Waals surface area contributed by atoms with E-state index < -0.39 is 11.9 Å². The molecule has 1 unspecified atom stereocenters. The van der Waals surface area contributed by atoms with Gasteiger partial charge in [0.05, 0.1) is 22.1 Å². The van der Waals surface area contributed by atoms with Crippen molar-refractivity contribution in [3.05, 3.63) is 40.8 Å². The fourth-order valence-electron chi connectivity index (χ4n) is 5.21. The fourth-order valence-corrected chi connectivity index (χ4v) is 6.27. The number of carbonyl (C=O) groups is 1. The molecule has 3 heterocycles. The molecule has 37 heavy (non-hydrogen) atoms. The van der Waals surface area contributed by atoms with Crippen LogP contribution in [0.2, 0.25) is 0 Å². The first-order valence-corrected chi connectivity index (χ1v) is 14.0. The second kappa shape index (κ2) is 11.7. The van der Waals surface area contributed by atoms with E-state index in [4.69, 9.17) is 4.74 Å². The molecule has 1 saturated carbocycles. The molecule has 0 radical (unpaired) electrons. The molecule has 1 aliphatic carbocycles. The zero-order valence-corrected chi connectivity index (χ0v) is 22.0. The van der Waals surface area contributed by atoms with Crippen molar-refractivity contribution in [2.75, 3.05) is 31.5 Å². The average Bonchev–Trinajstić information content (AvgIpc) is 3.52. The summed E-state index contributed by atoms with van der Waals surface area (Å²) in [4.78, 5) is 25.6. The monoisotopic (exact) mass is 527 g/mol. The molecule has 0 spiro atoms. The van der Waals surface area contributed by atoms with Gasteiger partial charge in [0.2, 0.25) is 0 Å². The predicted octanol–water partition coefficient (Wildman–Crippen LogP) is 4.78. The Labute approximate surface area is 220 Å². The zero-order valence-electron chi connectivity index (χ0n) is 21.1. The summed E-state index contributed by atoms with van der Waals surface area (Å²) < 4.78 is 20.2. The molecule has 1 amide bonds. The Morgan fingerprint density at radius 3 is 2.89 bits per heavy atom. The topological polar surface area (TPSA) is 99.6 Å². The van der Waals surface area contributed by atoms with E-state index in [1.54, 1.807) is 6.07 Å². The third-order valence-corrected chi connectivity index (χ3v) is 8.36. The van der Waals surface area contributed by atoms with Gasteiger partial charge in [-0.15, -0.1) is 11.3 Å². The van der Waals surface area contributed by atoms with Crippen molar-refractivity contribution in [2.45, 2.75) is 64.1 Å². The van der Waals surface area contributed by atoms with E-state index in [1.807, 2.05) is 6.92 Å². The maximum Gasteiger partial charge on any atom is 0.261 e. The van der Waals surface area contributed by atoms with E-state index in [0.717, 1.165) is 56.3 Å². The Kier molecular flexibility index (Phi) is 8.17. The van der Waals surface area contributed by atoms with Crippen molar-refractivity contribution in [2.24, 2.45) is 0 Å². The molecule has 5 rings (SSSR count). The third-order valence-electron chi connectivity index (χ3n) is 7.16. The third kappa shape index (κ3) is 6.19. The van der Waals surface area contributed by atoms with Crippen molar-refractivity contribution in [3.63, 3.8) is 0 Å². The molecule has 1 saturated heterocycles. The number of hydrogen-bond donors (Lipinski definition) is 3. The van der Waals surface area contributed by atoms with Crippen molar-refractivity contribution >= 4 is 39.0 Å². The average molecular weight is 528 g/mol. The number of fused-ring (bicyclic) bond motifs is 1. The summed E-state index contributed by atoms with van der Waals surface area (Å²) in [5.74, 6) is 0.399. The highest BCUT2D eigenvalue weighted by atomic mass is 32.1. The summed E-state index contributed by atoms with van der Waals surface area (Å²) in [5.41, 5.74) is 1.38. The van der Waals surface area contributed by atoms with E-state index in [9.17, 15) is 14.3 Å². The Hall–Kier alpha value is -2.82. The molecule has 3 aromatic rings. The van der Waals surface area contributed by atoms with Gasteiger partial charge in [0.1, 0.15) is 34.6 Å². The van der Waals surface area contributed by atoms with Crippen LogP contribution in [0.1, 0.15) is 60.2 Å². The minimum atomic E-state index is -0.403. The molecule has 2 fully saturated rings. The predicted molar refractivity (Wildman–Crippen MR) is 143 cm³/mol. The molecule has 8 nitrogen and oxygen atoms in total. The van der Waals surface area contributed by atoms with Gasteiger partial charge in [-0.05, 0) is 82.8 Å². The number of ether oxygens (including phenoxy) is 1. The van der Waals surface area contributed by atoms with E-state index in [1.165, 1.54) is 42.6 Å². The van der Waals surface area contributed by atoms with Gasteiger partial charge in [0, 0.05) is 19.0 Å². The van der Waals surface area contributed by atoms with Crippen LogP contribution in [-0.2, 0) is 0 Å². The summed E-state index contributed by atoms with van der Waals surface area (Å²) in [5, 5.41) is 17.1. The number of anilines is 2. The number of likely N-dealkylation sites (tertiary alicyclic amines) is 1. The van der Waals surface area contributed by atoms with Crippen LogP contribution >= 0.6 is 11.3 Å². The van der Waals surface area contributed by atoms with Crippen molar-refractivity contribution in [3.8, 4) is 5.75 Å². The van der Waals surface area contributed by atoms with Crippen LogP contribution in [0.3, 0.4) is 0 Å². The molecular formula is C27H34FN5O3S. The second-order valence-electron chi connectivity index (χ2n) is 9.94. The second-order valence-corrected chi connectivity index (χ2v) is 10.9. The van der Waals surface area contributed by atoms with Gasteiger partial charge in [-0.25, -0.2) is 14.4 Å². The number of aryl methyl sites for hydroxylation is 1. The SMILES string of the molecule is Cc1c(C(=O)NCCCN2CCCC2)sc2ncnc(Nc3ccc(F)cc3O[C@H]3CCCC(O)C3)c12. The minimum Gasteiger partial charge on any atom is -0.488 e. The molecule has 2 aliphatic rings. The Bertz CT molecular complexity index is 1250.